The lowest BCUT2D eigenvalue weighted by Gasteiger charge is -2.14. The van der Waals surface area contributed by atoms with E-state index >= 15 is 0 Å². The number of aliphatic hydroxyl groups excluding tert-OH is 1. The number of rotatable bonds is 5. The standard InChI is InChI=1S/C15H17NO4/c1-18-12-7-11(8-13(19-2)15(12)20-3)14-10(9-17)5-4-6-16-14/h4-8,17H,9H2,1-3H3. The Hall–Kier alpha value is -2.27. The van der Waals surface area contributed by atoms with Crippen molar-refractivity contribution in [3.05, 3.63) is 36.0 Å². The summed E-state index contributed by atoms with van der Waals surface area (Å²) in [6.07, 6.45) is 1.68. The Morgan fingerprint density at radius 3 is 2.20 bits per heavy atom. The fourth-order valence-electron chi connectivity index (χ4n) is 2.04. The lowest BCUT2D eigenvalue weighted by molar-refractivity contribution is 0.282. The topological polar surface area (TPSA) is 60.8 Å². The summed E-state index contributed by atoms with van der Waals surface area (Å²) in [7, 11) is 4.68. The molecule has 1 heterocycles. The molecule has 0 saturated heterocycles. The zero-order valence-corrected chi connectivity index (χ0v) is 11.7. The van der Waals surface area contributed by atoms with Crippen LogP contribution in [0.4, 0.5) is 0 Å². The normalized spacial score (nSPS) is 10.2. The molecule has 0 bridgehead atoms. The number of aromatic nitrogens is 1. The van der Waals surface area contributed by atoms with E-state index in [1.54, 1.807) is 33.6 Å². The molecule has 0 aliphatic rings. The molecule has 5 heteroatoms. The van der Waals surface area contributed by atoms with Gasteiger partial charge in [0, 0.05) is 17.3 Å². The highest BCUT2D eigenvalue weighted by Crippen LogP contribution is 2.41. The molecule has 0 fully saturated rings. The number of methoxy groups -OCH3 is 3. The third-order valence-corrected chi connectivity index (χ3v) is 3.00. The van der Waals surface area contributed by atoms with Crippen molar-refractivity contribution >= 4 is 0 Å². The van der Waals surface area contributed by atoms with Crippen LogP contribution in [-0.4, -0.2) is 31.4 Å². The van der Waals surface area contributed by atoms with E-state index in [0.717, 1.165) is 11.1 Å². The van der Waals surface area contributed by atoms with Crippen LogP contribution in [0.2, 0.25) is 0 Å². The molecule has 0 atom stereocenters. The van der Waals surface area contributed by atoms with Gasteiger partial charge in [-0.25, -0.2) is 0 Å². The molecule has 0 aliphatic carbocycles. The Balaban J connectivity index is 2.63. The maximum atomic E-state index is 9.41. The summed E-state index contributed by atoms with van der Waals surface area (Å²) in [6, 6.07) is 7.23. The number of ether oxygens (including phenoxy) is 3. The smallest absolute Gasteiger partial charge is 0.203 e. The minimum absolute atomic E-state index is 0.0835. The van der Waals surface area contributed by atoms with Crippen molar-refractivity contribution in [2.45, 2.75) is 6.61 Å². The Kier molecular flexibility index (Phi) is 4.42. The summed E-state index contributed by atoms with van der Waals surface area (Å²) < 4.78 is 15.9. The number of nitrogens with zero attached hydrogens (tertiary/aromatic N) is 1. The predicted molar refractivity (Wildman–Crippen MR) is 75.3 cm³/mol. The van der Waals surface area contributed by atoms with Gasteiger partial charge in [-0.05, 0) is 18.2 Å². The lowest BCUT2D eigenvalue weighted by Crippen LogP contribution is -1.98. The highest BCUT2D eigenvalue weighted by Gasteiger charge is 2.16. The number of aliphatic hydroxyl groups is 1. The SMILES string of the molecule is COc1cc(-c2ncccc2CO)cc(OC)c1OC. The van der Waals surface area contributed by atoms with Gasteiger partial charge in [0.1, 0.15) is 0 Å². The van der Waals surface area contributed by atoms with Crippen LogP contribution in [0.15, 0.2) is 30.5 Å². The quantitative estimate of drug-likeness (QED) is 0.907. The molecule has 0 spiro atoms. The molecular weight excluding hydrogens is 258 g/mol. The van der Waals surface area contributed by atoms with Crippen molar-refractivity contribution in [1.29, 1.82) is 0 Å². The van der Waals surface area contributed by atoms with E-state index in [-0.39, 0.29) is 6.61 Å². The van der Waals surface area contributed by atoms with Crippen LogP contribution < -0.4 is 14.2 Å². The molecule has 2 rings (SSSR count). The van der Waals surface area contributed by atoms with Crippen LogP contribution in [0.5, 0.6) is 17.2 Å². The van der Waals surface area contributed by atoms with E-state index in [0.29, 0.717) is 22.9 Å². The van der Waals surface area contributed by atoms with E-state index in [2.05, 4.69) is 4.98 Å². The molecule has 1 aromatic heterocycles. The predicted octanol–water partition coefficient (Wildman–Crippen LogP) is 2.27. The number of hydrogen-bond donors (Lipinski definition) is 1. The summed E-state index contributed by atoms with van der Waals surface area (Å²) in [5.41, 5.74) is 2.22. The van der Waals surface area contributed by atoms with Gasteiger partial charge in [-0.15, -0.1) is 0 Å². The van der Waals surface area contributed by atoms with Crippen LogP contribution in [-0.2, 0) is 6.61 Å². The van der Waals surface area contributed by atoms with Crippen molar-refractivity contribution in [3.8, 4) is 28.5 Å². The molecule has 0 radical (unpaired) electrons. The van der Waals surface area contributed by atoms with Crippen LogP contribution in [0.25, 0.3) is 11.3 Å². The van der Waals surface area contributed by atoms with Gasteiger partial charge >= 0.3 is 0 Å². The highest BCUT2D eigenvalue weighted by atomic mass is 16.5. The van der Waals surface area contributed by atoms with Gasteiger partial charge in [0.15, 0.2) is 11.5 Å². The fourth-order valence-corrected chi connectivity index (χ4v) is 2.04. The second kappa shape index (κ2) is 6.25. The van der Waals surface area contributed by atoms with Crippen molar-refractivity contribution in [2.75, 3.05) is 21.3 Å². The maximum absolute atomic E-state index is 9.41. The third-order valence-electron chi connectivity index (χ3n) is 3.00. The third kappa shape index (κ3) is 2.53. The average Bonchev–Trinajstić information content (AvgIpc) is 2.53. The van der Waals surface area contributed by atoms with E-state index in [1.807, 2.05) is 18.2 Å². The molecule has 20 heavy (non-hydrogen) atoms. The van der Waals surface area contributed by atoms with Crippen LogP contribution in [0.3, 0.4) is 0 Å². The van der Waals surface area contributed by atoms with Crippen molar-refractivity contribution in [2.24, 2.45) is 0 Å². The monoisotopic (exact) mass is 275 g/mol. The second-order valence-corrected chi connectivity index (χ2v) is 4.08. The van der Waals surface area contributed by atoms with Gasteiger partial charge in [-0.1, -0.05) is 6.07 Å². The van der Waals surface area contributed by atoms with E-state index in [4.69, 9.17) is 14.2 Å². The summed E-state index contributed by atoms with van der Waals surface area (Å²) >= 11 is 0. The molecule has 1 aromatic carbocycles. The summed E-state index contributed by atoms with van der Waals surface area (Å²) in [4.78, 5) is 4.31. The van der Waals surface area contributed by atoms with E-state index < -0.39 is 0 Å². The molecule has 0 aliphatic heterocycles. The first-order valence-corrected chi connectivity index (χ1v) is 6.10. The van der Waals surface area contributed by atoms with Gasteiger partial charge in [0.2, 0.25) is 5.75 Å². The van der Waals surface area contributed by atoms with Crippen LogP contribution in [0.1, 0.15) is 5.56 Å². The average molecular weight is 275 g/mol. The number of hydrogen-bond acceptors (Lipinski definition) is 5. The first-order valence-electron chi connectivity index (χ1n) is 6.10. The number of pyridine rings is 1. The lowest BCUT2D eigenvalue weighted by atomic mass is 10.0. The van der Waals surface area contributed by atoms with Crippen molar-refractivity contribution < 1.29 is 19.3 Å². The summed E-state index contributed by atoms with van der Waals surface area (Å²) in [6.45, 7) is -0.0835. The van der Waals surface area contributed by atoms with Crippen molar-refractivity contribution in [1.82, 2.24) is 4.98 Å². The molecule has 106 valence electrons. The Morgan fingerprint density at radius 2 is 1.70 bits per heavy atom. The van der Waals surface area contributed by atoms with Gasteiger partial charge < -0.3 is 19.3 Å². The Labute approximate surface area is 117 Å². The molecule has 0 saturated carbocycles. The largest absolute Gasteiger partial charge is 0.493 e. The number of benzene rings is 1. The molecule has 0 amide bonds. The second-order valence-electron chi connectivity index (χ2n) is 4.08. The van der Waals surface area contributed by atoms with Gasteiger partial charge in [0.25, 0.3) is 0 Å². The summed E-state index contributed by atoms with van der Waals surface area (Å²) in [5.74, 6) is 1.63. The minimum atomic E-state index is -0.0835. The molecule has 5 nitrogen and oxygen atoms in total. The van der Waals surface area contributed by atoms with Gasteiger partial charge in [-0.2, -0.15) is 0 Å². The highest BCUT2D eigenvalue weighted by molar-refractivity contribution is 5.70. The van der Waals surface area contributed by atoms with E-state index in [9.17, 15) is 5.11 Å². The van der Waals surface area contributed by atoms with E-state index in [1.165, 1.54) is 0 Å². The Morgan fingerprint density at radius 1 is 1.05 bits per heavy atom. The molecule has 0 unspecified atom stereocenters. The Bertz CT molecular complexity index is 573. The fraction of sp³-hybridized carbons (Fsp3) is 0.267. The minimum Gasteiger partial charge on any atom is -0.493 e. The molecule has 2 aromatic rings. The zero-order valence-electron chi connectivity index (χ0n) is 11.7. The zero-order chi connectivity index (χ0) is 14.5. The maximum Gasteiger partial charge on any atom is 0.203 e. The van der Waals surface area contributed by atoms with Crippen LogP contribution in [0, 0.1) is 0 Å². The van der Waals surface area contributed by atoms with Crippen LogP contribution >= 0.6 is 0 Å². The first kappa shape index (κ1) is 14.1. The molecule has 1 N–H and O–H groups in total. The molecular formula is C15H17NO4. The summed E-state index contributed by atoms with van der Waals surface area (Å²) in [5, 5.41) is 9.41. The van der Waals surface area contributed by atoms with Crippen molar-refractivity contribution in [3.63, 3.8) is 0 Å². The van der Waals surface area contributed by atoms with Gasteiger partial charge in [-0.3, -0.25) is 4.98 Å². The van der Waals surface area contributed by atoms with Gasteiger partial charge in [0.05, 0.1) is 33.6 Å². The first-order chi connectivity index (χ1) is 9.74.